The van der Waals surface area contributed by atoms with Crippen LogP contribution >= 0.6 is 0 Å². The molecule has 0 unspecified atom stereocenters. The summed E-state index contributed by atoms with van der Waals surface area (Å²) in [5.74, 6) is 0.649. The van der Waals surface area contributed by atoms with Gasteiger partial charge in [-0.3, -0.25) is 0 Å². The molecule has 0 heterocycles. The van der Waals surface area contributed by atoms with E-state index in [9.17, 15) is 0 Å². The molecule has 2 N–H and O–H groups in total. The first kappa shape index (κ1) is 6.86. The third-order valence-corrected chi connectivity index (χ3v) is 2.35. The predicted octanol–water partition coefficient (Wildman–Crippen LogP) is 1.81. The minimum Gasteiger partial charge on any atom is -0.327 e. The van der Waals surface area contributed by atoms with Crippen LogP contribution in [0.25, 0.3) is 0 Å². The van der Waals surface area contributed by atoms with E-state index in [2.05, 4.69) is 31.2 Å². The van der Waals surface area contributed by atoms with Gasteiger partial charge in [0.25, 0.3) is 0 Å². The van der Waals surface area contributed by atoms with Crippen molar-refractivity contribution in [2.75, 3.05) is 0 Å². The average molecular weight is 147 g/mol. The molecule has 1 fully saturated rings. The maximum atomic E-state index is 5.74. The molecule has 2 atom stereocenters. The second-order valence-electron chi connectivity index (χ2n) is 3.42. The smallest absolute Gasteiger partial charge is 0.0115 e. The Morgan fingerprint density at radius 3 is 2.27 bits per heavy atom. The van der Waals surface area contributed by atoms with Gasteiger partial charge in [-0.15, -0.1) is 0 Å². The van der Waals surface area contributed by atoms with Crippen molar-refractivity contribution < 1.29 is 0 Å². The summed E-state index contributed by atoms with van der Waals surface area (Å²) >= 11 is 0. The summed E-state index contributed by atoms with van der Waals surface area (Å²) in [5.41, 5.74) is 8.46. The molecule has 1 nitrogen and oxygen atoms in total. The highest BCUT2D eigenvalue weighted by Gasteiger charge is 2.34. The van der Waals surface area contributed by atoms with E-state index in [0.29, 0.717) is 12.0 Å². The molecule has 1 heteroatoms. The molecule has 1 aromatic carbocycles. The Morgan fingerprint density at radius 1 is 1.27 bits per heavy atom. The summed E-state index contributed by atoms with van der Waals surface area (Å²) in [4.78, 5) is 0. The van der Waals surface area contributed by atoms with Gasteiger partial charge >= 0.3 is 0 Å². The zero-order valence-electron chi connectivity index (χ0n) is 6.75. The van der Waals surface area contributed by atoms with Gasteiger partial charge in [0.1, 0.15) is 0 Å². The molecule has 11 heavy (non-hydrogen) atoms. The van der Waals surface area contributed by atoms with Crippen molar-refractivity contribution >= 4 is 0 Å². The number of nitrogens with two attached hydrogens (primary N) is 1. The SMILES string of the molecule is Cc1ccc([C@H]2C[C@@H]2N)cc1. The van der Waals surface area contributed by atoms with E-state index in [1.54, 1.807) is 0 Å². The first-order chi connectivity index (χ1) is 5.27. The van der Waals surface area contributed by atoms with Crippen molar-refractivity contribution in [3.05, 3.63) is 35.4 Å². The Hall–Kier alpha value is -0.820. The van der Waals surface area contributed by atoms with Crippen molar-refractivity contribution in [2.45, 2.75) is 25.3 Å². The van der Waals surface area contributed by atoms with E-state index in [0.717, 1.165) is 0 Å². The van der Waals surface area contributed by atoms with Crippen molar-refractivity contribution in [1.82, 2.24) is 0 Å². The van der Waals surface area contributed by atoms with Gasteiger partial charge in [0.2, 0.25) is 0 Å². The molecule has 1 aromatic rings. The number of rotatable bonds is 1. The topological polar surface area (TPSA) is 26.0 Å². The van der Waals surface area contributed by atoms with Crippen molar-refractivity contribution in [1.29, 1.82) is 0 Å². The molecule has 2 rings (SSSR count). The molecule has 0 aliphatic heterocycles. The third-order valence-electron chi connectivity index (χ3n) is 2.35. The Labute approximate surface area is 67.2 Å². The lowest BCUT2D eigenvalue weighted by molar-refractivity contribution is 0.989. The highest BCUT2D eigenvalue weighted by atomic mass is 14.7. The first-order valence-corrected chi connectivity index (χ1v) is 4.09. The lowest BCUT2D eigenvalue weighted by Crippen LogP contribution is -2.00. The zero-order valence-corrected chi connectivity index (χ0v) is 6.75. The number of hydrogen-bond donors (Lipinski definition) is 1. The molecule has 1 aliphatic carbocycles. The van der Waals surface area contributed by atoms with Crippen LogP contribution in [0.5, 0.6) is 0 Å². The third kappa shape index (κ3) is 1.29. The van der Waals surface area contributed by atoms with E-state index in [4.69, 9.17) is 5.73 Å². The second kappa shape index (κ2) is 2.35. The fourth-order valence-corrected chi connectivity index (χ4v) is 1.41. The zero-order chi connectivity index (χ0) is 7.84. The fraction of sp³-hybridized carbons (Fsp3) is 0.400. The largest absolute Gasteiger partial charge is 0.327 e. The van der Waals surface area contributed by atoms with Gasteiger partial charge in [-0.2, -0.15) is 0 Å². The summed E-state index contributed by atoms with van der Waals surface area (Å²) in [6.07, 6.45) is 1.17. The lowest BCUT2D eigenvalue weighted by atomic mass is 10.1. The Morgan fingerprint density at radius 2 is 1.82 bits per heavy atom. The van der Waals surface area contributed by atoms with Gasteiger partial charge in [-0.25, -0.2) is 0 Å². The summed E-state index contributed by atoms with van der Waals surface area (Å²) < 4.78 is 0. The molecule has 1 saturated carbocycles. The van der Waals surface area contributed by atoms with Crippen molar-refractivity contribution in [3.63, 3.8) is 0 Å². The van der Waals surface area contributed by atoms with Crippen LogP contribution in [0, 0.1) is 6.92 Å². The number of benzene rings is 1. The van der Waals surface area contributed by atoms with Gasteiger partial charge in [-0.05, 0) is 18.9 Å². The van der Waals surface area contributed by atoms with Crippen LogP contribution in [0.3, 0.4) is 0 Å². The predicted molar refractivity (Wildman–Crippen MR) is 46.5 cm³/mol. The van der Waals surface area contributed by atoms with E-state index >= 15 is 0 Å². The van der Waals surface area contributed by atoms with Crippen LogP contribution in [0.4, 0.5) is 0 Å². The molecule has 0 amide bonds. The molecule has 0 radical (unpaired) electrons. The normalized spacial score (nSPS) is 28.5. The summed E-state index contributed by atoms with van der Waals surface area (Å²) in [6, 6.07) is 9.11. The molecular formula is C10H13N. The van der Waals surface area contributed by atoms with E-state index in [1.165, 1.54) is 17.5 Å². The monoisotopic (exact) mass is 147 g/mol. The van der Waals surface area contributed by atoms with E-state index < -0.39 is 0 Å². The maximum Gasteiger partial charge on any atom is 0.0115 e. The van der Waals surface area contributed by atoms with Crippen LogP contribution in [-0.4, -0.2) is 6.04 Å². The number of aryl methyl sites for hydroxylation is 1. The van der Waals surface area contributed by atoms with Gasteiger partial charge in [0.15, 0.2) is 0 Å². The van der Waals surface area contributed by atoms with Crippen molar-refractivity contribution in [2.24, 2.45) is 5.73 Å². The van der Waals surface area contributed by atoms with Gasteiger partial charge in [0.05, 0.1) is 0 Å². The molecule has 58 valence electrons. The Balaban J connectivity index is 2.21. The van der Waals surface area contributed by atoms with Crippen LogP contribution < -0.4 is 5.73 Å². The first-order valence-electron chi connectivity index (χ1n) is 4.09. The highest BCUT2D eigenvalue weighted by molar-refractivity contribution is 5.30. The van der Waals surface area contributed by atoms with E-state index in [1.807, 2.05) is 0 Å². The molecular weight excluding hydrogens is 134 g/mol. The second-order valence-corrected chi connectivity index (χ2v) is 3.42. The van der Waals surface area contributed by atoms with Crippen LogP contribution in [-0.2, 0) is 0 Å². The molecule has 0 saturated heterocycles. The molecule has 1 aliphatic rings. The number of hydrogen-bond acceptors (Lipinski definition) is 1. The molecule has 0 aromatic heterocycles. The van der Waals surface area contributed by atoms with Gasteiger partial charge < -0.3 is 5.73 Å². The lowest BCUT2D eigenvalue weighted by Gasteiger charge is -1.97. The molecule has 0 spiro atoms. The summed E-state index contributed by atoms with van der Waals surface area (Å²) in [5, 5.41) is 0. The van der Waals surface area contributed by atoms with Gasteiger partial charge in [0, 0.05) is 12.0 Å². The van der Waals surface area contributed by atoms with E-state index in [-0.39, 0.29) is 0 Å². The van der Waals surface area contributed by atoms with Crippen LogP contribution in [0.2, 0.25) is 0 Å². The van der Waals surface area contributed by atoms with Crippen LogP contribution in [0.1, 0.15) is 23.5 Å². The highest BCUT2D eigenvalue weighted by Crippen LogP contribution is 2.38. The fourth-order valence-electron chi connectivity index (χ4n) is 1.41. The van der Waals surface area contributed by atoms with Crippen LogP contribution in [0.15, 0.2) is 24.3 Å². The Kier molecular flexibility index (Phi) is 1.46. The maximum absolute atomic E-state index is 5.74. The molecule has 0 bridgehead atoms. The average Bonchev–Trinajstić information content (AvgIpc) is 2.69. The Bertz CT molecular complexity index is 250. The minimum atomic E-state index is 0.428. The quantitative estimate of drug-likeness (QED) is 0.644. The minimum absolute atomic E-state index is 0.428. The standard InChI is InChI=1S/C10H13N/c1-7-2-4-8(5-3-7)9-6-10(9)11/h2-5,9-10H,6,11H2,1H3/t9-,10+/m1/s1. The summed E-state index contributed by atoms with van der Waals surface area (Å²) in [6.45, 7) is 2.11. The summed E-state index contributed by atoms with van der Waals surface area (Å²) in [7, 11) is 0. The van der Waals surface area contributed by atoms with Gasteiger partial charge in [-0.1, -0.05) is 29.8 Å². The van der Waals surface area contributed by atoms with Crippen molar-refractivity contribution in [3.8, 4) is 0 Å².